The summed E-state index contributed by atoms with van der Waals surface area (Å²) in [6.07, 6.45) is 0. The Kier molecular flexibility index (Phi) is 2.91. The fraction of sp³-hybridized carbons (Fsp3) is 0.333. The molecule has 0 bridgehead atoms. The van der Waals surface area contributed by atoms with Gasteiger partial charge in [-0.3, -0.25) is 0 Å². The van der Waals surface area contributed by atoms with Crippen molar-refractivity contribution in [1.29, 1.82) is 0 Å². The van der Waals surface area contributed by atoms with Crippen LogP contribution in [0.1, 0.15) is 6.92 Å². The molecule has 0 aliphatic carbocycles. The van der Waals surface area contributed by atoms with Gasteiger partial charge in [-0.1, -0.05) is 0 Å². The first-order chi connectivity index (χ1) is 5.77. The minimum Gasteiger partial charge on any atom is -0.494 e. The van der Waals surface area contributed by atoms with Crippen molar-refractivity contribution >= 4 is 5.69 Å². The average molecular weight is 169 g/mol. The van der Waals surface area contributed by atoms with Gasteiger partial charge < -0.3 is 10.1 Å². The van der Waals surface area contributed by atoms with E-state index in [4.69, 9.17) is 4.74 Å². The van der Waals surface area contributed by atoms with Crippen LogP contribution in [-0.4, -0.2) is 13.7 Å². The minimum absolute atomic E-state index is 0.288. The second-order valence-corrected chi connectivity index (χ2v) is 2.32. The first-order valence-electron chi connectivity index (χ1n) is 3.88. The predicted octanol–water partition coefficient (Wildman–Crippen LogP) is 2.27. The molecule has 12 heavy (non-hydrogen) atoms. The van der Waals surface area contributed by atoms with Crippen LogP contribution in [-0.2, 0) is 0 Å². The van der Waals surface area contributed by atoms with Gasteiger partial charge in [-0.05, 0) is 19.1 Å². The summed E-state index contributed by atoms with van der Waals surface area (Å²) in [5.41, 5.74) is 0.485. The summed E-state index contributed by atoms with van der Waals surface area (Å²) >= 11 is 0. The Balaban J connectivity index is 2.86. The highest BCUT2D eigenvalue weighted by Crippen LogP contribution is 2.19. The highest BCUT2D eigenvalue weighted by Gasteiger charge is 2.00. The predicted molar refractivity (Wildman–Crippen MR) is 47.1 cm³/mol. The van der Waals surface area contributed by atoms with Gasteiger partial charge in [-0.2, -0.15) is 0 Å². The molecular formula is C9H12FNO. The van der Waals surface area contributed by atoms with Crippen molar-refractivity contribution < 1.29 is 9.13 Å². The molecule has 2 nitrogen and oxygen atoms in total. The third-order valence-corrected chi connectivity index (χ3v) is 1.52. The Morgan fingerprint density at radius 3 is 2.75 bits per heavy atom. The number of hydrogen-bond acceptors (Lipinski definition) is 2. The number of rotatable bonds is 3. The molecule has 0 aliphatic heterocycles. The van der Waals surface area contributed by atoms with E-state index in [0.29, 0.717) is 18.0 Å². The summed E-state index contributed by atoms with van der Waals surface area (Å²) in [5, 5.41) is 2.73. The molecule has 0 saturated heterocycles. The molecule has 1 aromatic rings. The highest BCUT2D eigenvalue weighted by atomic mass is 19.1. The summed E-state index contributed by atoms with van der Waals surface area (Å²) < 4.78 is 18.1. The molecule has 0 spiro atoms. The molecule has 0 heterocycles. The Hall–Kier alpha value is -1.25. The van der Waals surface area contributed by atoms with Crippen molar-refractivity contribution in [3.8, 4) is 5.75 Å². The van der Waals surface area contributed by atoms with Crippen LogP contribution in [0.3, 0.4) is 0 Å². The summed E-state index contributed by atoms with van der Waals surface area (Å²) in [6.45, 7) is 2.42. The van der Waals surface area contributed by atoms with Crippen molar-refractivity contribution in [2.24, 2.45) is 0 Å². The van der Waals surface area contributed by atoms with Gasteiger partial charge in [0.15, 0.2) is 0 Å². The number of hydrogen-bond donors (Lipinski definition) is 1. The van der Waals surface area contributed by atoms with Gasteiger partial charge in [-0.15, -0.1) is 0 Å². The van der Waals surface area contributed by atoms with E-state index in [1.807, 2.05) is 6.92 Å². The van der Waals surface area contributed by atoms with Crippen molar-refractivity contribution in [3.05, 3.63) is 24.0 Å². The minimum atomic E-state index is -0.288. The quantitative estimate of drug-likeness (QED) is 0.749. The van der Waals surface area contributed by atoms with Gasteiger partial charge in [0, 0.05) is 13.1 Å². The summed E-state index contributed by atoms with van der Waals surface area (Å²) in [6, 6.07) is 4.76. The second-order valence-electron chi connectivity index (χ2n) is 2.32. The molecule has 1 N–H and O–H groups in total. The average Bonchev–Trinajstić information content (AvgIpc) is 2.05. The maximum Gasteiger partial charge on any atom is 0.149 e. The maximum absolute atomic E-state index is 13.0. The summed E-state index contributed by atoms with van der Waals surface area (Å²) in [5.74, 6) is 0.275. The Labute approximate surface area is 71.4 Å². The van der Waals surface area contributed by atoms with E-state index in [1.165, 1.54) is 6.07 Å². The highest BCUT2D eigenvalue weighted by molar-refractivity contribution is 5.47. The topological polar surface area (TPSA) is 21.3 Å². The zero-order chi connectivity index (χ0) is 8.97. The lowest BCUT2D eigenvalue weighted by atomic mass is 10.3. The third kappa shape index (κ3) is 1.87. The molecule has 3 heteroatoms. The van der Waals surface area contributed by atoms with E-state index in [2.05, 4.69) is 5.32 Å². The molecule has 0 amide bonds. The molecule has 0 aliphatic rings. The van der Waals surface area contributed by atoms with E-state index in [1.54, 1.807) is 19.2 Å². The maximum atomic E-state index is 13.0. The Morgan fingerprint density at radius 2 is 2.25 bits per heavy atom. The van der Waals surface area contributed by atoms with Crippen LogP contribution in [0.15, 0.2) is 18.2 Å². The number of benzene rings is 1. The van der Waals surface area contributed by atoms with Crippen LogP contribution >= 0.6 is 0 Å². The summed E-state index contributed by atoms with van der Waals surface area (Å²) in [4.78, 5) is 0. The van der Waals surface area contributed by atoms with E-state index in [9.17, 15) is 4.39 Å². The lowest BCUT2D eigenvalue weighted by molar-refractivity contribution is 0.338. The largest absolute Gasteiger partial charge is 0.494 e. The van der Waals surface area contributed by atoms with E-state index in [0.717, 1.165) is 0 Å². The van der Waals surface area contributed by atoms with Crippen molar-refractivity contribution in [2.75, 3.05) is 19.0 Å². The van der Waals surface area contributed by atoms with E-state index >= 15 is 0 Å². The van der Waals surface area contributed by atoms with Gasteiger partial charge in [-0.25, -0.2) is 4.39 Å². The number of anilines is 1. The number of nitrogens with one attached hydrogen (secondary N) is 1. The molecule has 1 aromatic carbocycles. The molecule has 0 aromatic heterocycles. The molecule has 0 fully saturated rings. The first kappa shape index (κ1) is 8.84. The van der Waals surface area contributed by atoms with Gasteiger partial charge in [0.2, 0.25) is 0 Å². The SMILES string of the molecule is CCOc1ccc(NC)c(F)c1. The van der Waals surface area contributed by atoms with Crippen molar-refractivity contribution in [3.63, 3.8) is 0 Å². The van der Waals surface area contributed by atoms with Crippen LogP contribution in [0.25, 0.3) is 0 Å². The Bertz CT molecular complexity index is 263. The van der Waals surface area contributed by atoms with Gasteiger partial charge in [0.25, 0.3) is 0 Å². The fourth-order valence-corrected chi connectivity index (χ4v) is 0.955. The first-order valence-corrected chi connectivity index (χ1v) is 3.88. The zero-order valence-corrected chi connectivity index (χ0v) is 7.23. The van der Waals surface area contributed by atoms with Crippen LogP contribution in [0.5, 0.6) is 5.75 Å². The van der Waals surface area contributed by atoms with E-state index in [-0.39, 0.29) is 5.82 Å². The van der Waals surface area contributed by atoms with Crippen LogP contribution < -0.4 is 10.1 Å². The molecule has 0 saturated carbocycles. The second kappa shape index (κ2) is 3.95. The zero-order valence-electron chi connectivity index (χ0n) is 7.23. The molecule has 66 valence electrons. The van der Waals surface area contributed by atoms with Crippen LogP contribution in [0, 0.1) is 5.82 Å². The standard InChI is InChI=1S/C9H12FNO/c1-3-12-7-4-5-9(11-2)8(10)6-7/h4-6,11H,3H2,1-2H3. The molecule has 0 atom stereocenters. The molecule has 0 radical (unpaired) electrons. The number of ether oxygens (including phenoxy) is 1. The van der Waals surface area contributed by atoms with E-state index < -0.39 is 0 Å². The van der Waals surface area contributed by atoms with Crippen LogP contribution in [0.2, 0.25) is 0 Å². The smallest absolute Gasteiger partial charge is 0.149 e. The van der Waals surface area contributed by atoms with Gasteiger partial charge in [0.1, 0.15) is 11.6 Å². The third-order valence-electron chi connectivity index (χ3n) is 1.52. The van der Waals surface area contributed by atoms with Gasteiger partial charge in [0.05, 0.1) is 12.3 Å². The Morgan fingerprint density at radius 1 is 1.50 bits per heavy atom. The molecule has 0 unspecified atom stereocenters. The molecular weight excluding hydrogens is 157 g/mol. The lowest BCUT2D eigenvalue weighted by Crippen LogP contribution is -1.95. The van der Waals surface area contributed by atoms with Gasteiger partial charge >= 0.3 is 0 Å². The monoisotopic (exact) mass is 169 g/mol. The fourth-order valence-electron chi connectivity index (χ4n) is 0.955. The number of halogens is 1. The lowest BCUT2D eigenvalue weighted by Gasteiger charge is -2.05. The summed E-state index contributed by atoms with van der Waals surface area (Å²) in [7, 11) is 1.68. The van der Waals surface area contributed by atoms with Crippen LogP contribution in [0.4, 0.5) is 10.1 Å². The van der Waals surface area contributed by atoms with Crippen molar-refractivity contribution in [1.82, 2.24) is 0 Å². The normalized spacial score (nSPS) is 9.58. The molecule has 1 rings (SSSR count). The van der Waals surface area contributed by atoms with Crippen molar-refractivity contribution in [2.45, 2.75) is 6.92 Å².